The van der Waals surface area contributed by atoms with Crippen molar-refractivity contribution >= 4 is 23.0 Å². The molecule has 4 rings (SSSR count). The highest BCUT2D eigenvalue weighted by Gasteiger charge is 2.40. The summed E-state index contributed by atoms with van der Waals surface area (Å²) >= 11 is 0. The number of ketones is 1. The molecule has 186 valence electrons. The molecule has 1 heterocycles. The van der Waals surface area contributed by atoms with E-state index in [-0.39, 0.29) is 61.5 Å². The van der Waals surface area contributed by atoms with Gasteiger partial charge in [-0.2, -0.15) is 0 Å². The first-order valence-corrected chi connectivity index (χ1v) is 11.2. The molecule has 1 aromatic heterocycles. The highest BCUT2D eigenvalue weighted by Crippen LogP contribution is 2.42. The van der Waals surface area contributed by atoms with E-state index < -0.39 is 35.6 Å². The molecule has 1 atom stereocenters. The second kappa shape index (κ2) is 10.5. The van der Waals surface area contributed by atoms with Crippen molar-refractivity contribution in [1.82, 2.24) is 10.3 Å². The van der Waals surface area contributed by atoms with E-state index in [1.54, 1.807) is 24.3 Å². The van der Waals surface area contributed by atoms with Crippen LogP contribution in [0.5, 0.6) is 0 Å². The van der Waals surface area contributed by atoms with Crippen molar-refractivity contribution in [3.8, 4) is 0 Å². The van der Waals surface area contributed by atoms with Gasteiger partial charge in [-0.25, -0.2) is 22.9 Å². The second-order valence-electron chi connectivity index (χ2n) is 8.59. The van der Waals surface area contributed by atoms with Crippen molar-refractivity contribution in [3.05, 3.63) is 65.3 Å². The Morgan fingerprint density at radius 2 is 1.91 bits per heavy atom. The molecule has 1 aliphatic carbocycles. The Bertz CT molecular complexity index is 1190. The lowest BCUT2D eigenvalue weighted by atomic mass is 9.82. The number of carbonyl (C=O) groups is 2. The summed E-state index contributed by atoms with van der Waals surface area (Å²) < 4.78 is 58.0. The molecule has 35 heavy (non-hydrogen) atoms. The Balaban J connectivity index is 1.59. The number of ether oxygens (including phenoxy) is 2. The number of amides is 1. The third-order valence-corrected chi connectivity index (χ3v) is 6.04. The van der Waals surface area contributed by atoms with E-state index in [9.17, 15) is 22.8 Å². The van der Waals surface area contributed by atoms with Gasteiger partial charge >= 0.3 is 6.09 Å². The number of alkyl carbamates (subject to hydrolysis) is 1. The molecule has 1 fully saturated rings. The van der Waals surface area contributed by atoms with Gasteiger partial charge < -0.3 is 19.2 Å². The monoisotopic (exact) mass is 490 g/mol. The number of alkyl halides is 2. The van der Waals surface area contributed by atoms with Crippen LogP contribution in [-0.2, 0) is 16.1 Å². The third-order valence-electron chi connectivity index (χ3n) is 6.04. The van der Waals surface area contributed by atoms with Gasteiger partial charge in [0.05, 0.1) is 0 Å². The van der Waals surface area contributed by atoms with Gasteiger partial charge in [-0.05, 0) is 36.5 Å². The van der Waals surface area contributed by atoms with Crippen molar-refractivity contribution in [2.24, 2.45) is 5.92 Å². The molecular weight excluding hydrogens is 465 g/mol. The Morgan fingerprint density at radius 1 is 1.20 bits per heavy atom. The molecule has 0 bridgehead atoms. The number of carbonyl (C=O) groups excluding carboxylic acids is 2. The van der Waals surface area contributed by atoms with Crippen LogP contribution in [0, 0.1) is 11.7 Å². The minimum atomic E-state index is -2.78. The van der Waals surface area contributed by atoms with Crippen LogP contribution in [0.1, 0.15) is 53.5 Å². The smallest absolute Gasteiger partial charge is 0.408 e. The molecule has 10 heteroatoms. The van der Waals surface area contributed by atoms with Gasteiger partial charge in [0.1, 0.15) is 24.8 Å². The number of Topliss-reactive ketones (excluding diaryl/α,β-unsaturated/α-hetero) is 1. The number of fused-ring (bicyclic) bond motifs is 1. The van der Waals surface area contributed by atoms with Crippen molar-refractivity contribution < 1.29 is 36.7 Å². The van der Waals surface area contributed by atoms with Crippen LogP contribution in [0.4, 0.5) is 18.0 Å². The Labute approximate surface area is 199 Å². The van der Waals surface area contributed by atoms with Gasteiger partial charge in [-0.15, -0.1) is 0 Å². The zero-order valence-corrected chi connectivity index (χ0v) is 19.1. The van der Waals surface area contributed by atoms with E-state index in [1.807, 2.05) is 6.07 Å². The number of benzene rings is 2. The molecule has 1 aliphatic rings. The van der Waals surface area contributed by atoms with E-state index >= 15 is 0 Å². The van der Waals surface area contributed by atoms with Crippen LogP contribution in [0.25, 0.3) is 11.1 Å². The van der Waals surface area contributed by atoms with E-state index in [4.69, 9.17) is 13.9 Å². The van der Waals surface area contributed by atoms with Crippen LogP contribution in [-0.4, -0.2) is 36.5 Å². The molecule has 0 saturated heterocycles. The summed E-state index contributed by atoms with van der Waals surface area (Å²) in [7, 11) is 1.35. The average molecular weight is 490 g/mol. The zero-order valence-electron chi connectivity index (χ0n) is 19.1. The number of nitrogens with zero attached hydrogens (tertiary/aromatic N) is 1. The minimum Gasteiger partial charge on any atom is -0.445 e. The molecule has 0 aliphatic heterocycles. The van der Waals surface area contributed by atoms with Gasteiger partial charge in [0, 0.05) is 25.5 Å². The van der Waals surface area contributed by atoms with Gasteiger partial charge in [0.2, 0.25) is 11.8 Å². The molecule has 2 aromatic carbocycles. The van der Waals surface area contributed by atoms with Gasteiger partial charge in [-0.1, -0.05) is 30.3 Å². The fourth-order valence-corrected chi connectivity index (χ4v) is 4.19. The average Bonchev–Trinajstić information content (AvgIpc) is 3.27. The first-order chi connectivity index (χ1) is 16.8. The number of nitrogens with one attached hydrogen (secondary N) is 1. The minimum absolute atomic E-state index is 0.00922. The Morgan fingerprint density at radius 3 is 2.60 bits per heavy atom. The summed E-state index contributed by atoms with van der Waals surface area (Å²) in [6, 6.07) is 10.5. The summed E-state index contributed by atoms with van der Waals surface area (Å²) in [4.78, 5) is 29.0. The molecule has 0 radical (unpaired) electrons. The molecular formula is C25H25F3N2O5. The molecule has 0 spiro atoms. The lowest BCUT2D eigenvalue weighted by Gasteiger charge is -2.32. The van der Waals surface area contributed by atoms with E-state index in [0.717, 1.165) is 11.6 Å². The number of hydrogen-bond donors (Lipinski definition) is 1. The molecule has 7 nitrogen and oxygen atoms in total. The SMILES string of the molecule is COCC(=O)c1cc(F)c2oc([C@@H](NC(=O)OCc3ccccc3)C3CCC(F)(F)CC3)nc2c1. The van der Waals surface area contributed by atoms with Crippen LogP contribution in [0.3, 0.4) is 0 Å². The number of hydrogen-bond acceptors (Lipinski definition) is 6. The lowest BCUT2D eigenvalue weighted by molar-refractivity contribution is -0.0505. The maximum absolute atomic E-state index is 14.7. The van der Waals surface area contributed by atoms with Gasteiger partial charge in [0.15, 0.2) is 17.2 Å². The number of rotatable bonds is 8. The molecule has 3 aromatic rings. The summed E-state index contributed by atoms with van der Waals surface area (Å²) in [5.41, 5.74) is 0.707. The molecule has 1 saturated carbocycles. The first-order valence-electron chi connectivity index (χ1n) is 11.2. The van der Waals surface area contributed by atoms with E-state index in [1.165, 1.54) is 13.2 Å². The van der Waals surface area contributed by atoms with Crippen LogP contribution >= 0.6 is 0 Å². The quantitative estimate of drug-likeness (QED) is 0.414. The van der Waals surface area contributed by atoms with E-state index in [0.29, 0.717) is 0 Å². The van der Waals surface area contributed by atoms with Gasteiger partial charge in [0.25, 0.3) is 0 Å². The summed E-state index contributed by atoms with van der Waals surface area (Å²) in [5, 5.41) is 2.67. The Kier molecular flexibility index (Phi) is 7.39. The van der Waals surface area contributed by atoms with E-state index in [2.05, 4.69) is 10.3 Å². The summed E-state index contributed by atoms with van der Waals surface area (Å²) in [5.74, 6) is -4.49. The number of aromatic nitrogens is 1. The normalized spacial score (nSPS) is 16.7. The molecule has 1 amide bonds. The predicted molar refractivity (Wildman–Crippen MR) is 120 cm³/mol. The maximum atomic E-state index is 14.7. The van der Waals surface area contributed by atoms with Gasteiger partial charge in [-0.3, -0.25) is 4.79 Å². The third kappa shape index (κ3) is 6.00. The number of oxazole rings is 1. The number of methoxy groups -OCH3 is 1. The standard InChI is InChI=1S/C25H25F3N2O5/c1-33-14-20(31)17-11-18(26)22-19(12-17)29-23(35-22)21(16-7-9-25(27,28)10-8-16)30-24(32)34-13-15-5-3-2-4-6-15/h2-6,11-12,16,21H,7-10,13-14H2,1H3,(H,30,32)/t21-/m0/s1. The maximum Gasteiger partial charge on any atom is 0.408 e. The zero-order chi connectivity index (χ0) is 25.0. The Hall–Kier alpha value is -3.40. The van der Waals surface area contributed by atoms with Crippen LogP contribution in [0.15, 0.2) is 46.9 Å². The van der Waals surface area contributed by atoms with Crippen LogP contribution < -0.4 is 5.32 Å². The van der Waals surface area contributed by atoms with Crippen LogP contribution in [0.2, 0.25) is 0 Å². The first kappa shape index (κ1) is 24.7. The fraction of sp³-hybridized carbons (Fsp3) is 0.400. The predicted octanol–water partition coefficient (Wildman–Crippen LogP) is 5.59. The lowest BCUT2D eigenvalue weighted by Crippen LogP contribution is -2.37. The van der Waals surface area contributed by atoms with Crippen molar-refractivity contribution in [2.75, 3.05) is 13.7 Å². The fourth-order valence-electron chi connectivity index (χ4n) is 4.19. The topological polar surface area (TPSA) is 90.7 Å². The summed E-state index contributed by atoms with van der Waals surface area (Å²) in [6.45, 7) is -0.224. The molecule has 0 unspecified atom stereocenters. The largest absolute Gasteiger partial charge is 0.445 e. The van der Waals surface area contributed by atoms with Crippen molar-refractivity contribution in [3.63, 3.8) is 0 Å². The second-order valence-corrected chi connectivity index (χ2v) is 8.59. The van der Waals surface area contributed by atoms with Crippen molar-refractivity contribution in [2.45, 2.75) is 44.3 Å². The molecule has 1 N–H and O–H groups in total. The number of halogens is 3. The summed E-state index contributed by atoms with van der Waals surface area (Å²) in [6.07, 6.45) is -1.27. The van der Waals surface area contributed by atoms with Crippen molar-refractivity contribution in [1.29, 1.82) is 0 Å². The highest BCUT2D eigenvalue weighted by molar-refractivity contribution is 5.99. The highest BCUT2D eigenvalue weighted by atomic mass is 19.3.